The smallest absolute Gasteiger partial charge is 0.0949 e. The molecule has 0 fully saturated rings. The number of aromatic nitrogens is 1. The van der Waals surface area contributed by atoms with E-state index in [0.29, 0.717) is 0 Å². The molecule has 1 unspecified atom stereocenters. The number of hydrogen-bond acceptors (Lipinski definition) is 3. The summed E-state index contributed by atoms with van der Waals surface area (Å²) in [6.45, 7) is 6.25. The second-order valence-corrected chi connectivity index (χ2v) is 5.97. The number of aryl methyl sites for hydroxylation is 2. The molecule has 0 saturated carbocycles. The molecule has 3 heteroatoms. The predicted molar refractivity (Wildman–Crippen MR) is 77.9 cm³/mol. The number of nitrogens with zero attached hydrogens (tertiary/aromatic N) is 1. The van der Waals surface area contributed by atoms with Crippen LogP contribution in [0.1, 0.15) is 35.7 Å². The van der Waals surface area contributed by atoms with Gasteiger partial charge in [0.25, 0.3) is 0 Å². The van der Waals surface area contributed by atoms with E-state index in [0.717, 1.165) is 23.5 Å². The highest BCUT2D eigenvalue weighted by Crippen LogP contribution is 2.24. The van der Waals surface area contributed by atoms with Gasteiger partial charge in [0.1, 0.15) is 0 Å². The van der Waals surface area contributed by atoms with E-state index in [9.17, 15) is 0 Å². The third-order valence-corrected chi connectivity index (χ3v) is 4.17. The van der Waals surface area contributed by atoms with Crippen LogP contribution in [0.25, 0.3) is 0 Å². The fourth-order valence-electron chi connectivity index (χ4n) is 2.02. The summed E-state index contributed by atoms with van der Waals surface area (Å²) in [4.78, 5) is 4.49. The first-order chi connectivity index (χ1) is 8.51. The van der Waals surface area contributed by atoms with Crippen molar-refractivity contribution < 1.29 is 0 Å². The largest absolute Gasteiger partial charge is 0.321 e. The van der Waals surface area contributed by atoms with Gasteiger partial charge in [0.2, 0.25) is 0 Å². The minimum absolute atomic E-state index is 0.351. The zero-order valence-corrected chi connectivity index (χ0v) is 12.1. The van der Waals surface area contributed by atoms with Gasteiger partial charge < -0.3 is 5.73 Å². The van der Waals surface area contributed by atoms with Gasteiger partial charge in [-0.3, -0.25) is 0 Å². The summed E-state index contributed by atoms with van der Waals surface area (Å²) in [5.74, 6) is 0. The van der Waals surface area contributed by atoms with E-state index in [2.05, 4.69) is 48.5 Å². The first-order valence-corrected chi connectivity index (χ1v) is 7.18. The van der Waals surface area contributed by atoms with Gasteiger partial charge in [-0.25, -0.2) is 4.98 Å². The lowest BCUT2D eigenvalue weighted by Gasteiger charge is -2.24. The Hall–Kier alpha value is -1.19. The van der Waals surface area contributed by atoms with Crippen LogP contribution in [0.2, 0.25) is 0 Å². The molecule has 1 aromatic heterocycles. The van der Waals surface area contributed by atoms with E-state index in [1.54, 1.807) is 11.3 Å². The second kappa shape index (κ2) is 5.21. The molecule has 96 valence electrons. The van der Waals surface area contributed by atoms with Gasteiger partial charge >= 0.3 is 0 Å². The molecule has 0 aliphatic rings. The van der Waals surface area contributed by atoms with Gasteiger partial charge in [-0.1, -0.05) is 31.2 Å². The van der Waals surface area contributed by atoms with Crippen LogP contribution in [-0.4, -0.2) is 4.98 Å². The molecule has 1 atom stereocenters. The van der Waals surface area contributed by atoms with Crippen LogP contribution >= 0.6 is 11.3 Å². The molecular weight excluding hydrogens is 240 g/mol. The van der Waals surface area contributed by atoms with Crippen molar-refractivity contribution in [2.45, 2.75) is 39.2 Å². The van der Waals surface area contributed by atoms with Crippen molar-refractivity contribution in [3.05, 3.63) is 51.5 Å². The SMILES string of the molecule is CCc1ccc(C(C)(N)Cc2nc(C)cs2)cc1. The maximum absolute atomic E-state index is 6.44. The molecule has 2 N–H and O–H groups in total. The van der Waals surface area contributed by atoms with E-state index in [-0.39, 0.29) is 5.54 Å². The second-order valence-electron chi connectivity index (χ2n) is 5.03. The lowest BCUT2D eigenvalue weighted by atomic mass is 9.89. The Kier molecular flexibility index (Phi) is 3.83. The maximum Gasteiger partial charge on any atom is 0.0949 e. The van der Waals surface area contributed by atoms with Gasteiger partial charge in [-0.2, -0.15) is 0 Å². The van der Waals surface area contributed by atoms with Gasteiger partial charge in [-0.15, -0.1) is 11.3 Å². The first kappa shape index (κ1) is 13.2. The zero-order valence-electron chi connectivity index (χ0n) is 11.2. The van der Waals surface area contributed by atoms with Gasteiger partial charge in [0.05, 0.1) is 5.01 Å². The highest BCUT2D eigenvalue weighted by Gasteiger charge is 2.23. The predicted octanol–water partition coefficient (Wildman–Crippen LogP) is 3.43. The molecule has 0 bridgehead atoms. The van der Waals surface area contributed by atoms with Crippen LogP contribution in [0, 0.1) is 6.92 Å². The number of rotatable bonds is 4. The van der Waals surface area contributed by atoms with Crippen LogP contribution in [0.3, 0.4) is 0 Å². The summed E-state index contributed by atoms with van der Waals surface area (Å²) in [7, 11) is 0. The molecule has 0 radical (unpaired) electrons. The Bertz CT molecular complexity index is 512. The van der Waals surface area contributed by atoms with Crippen LogP contribution in [-0.2, 0) is 18.4 Å². The Morgan fingerprint density at radius 3 is 2.44 bits per heavy atom. The molecule has 0 aliphatic heterocycles. The van der Waals surface area contributed by atoms with Crippen molar-refractivity contribution in [3.8, 4) is 0 Å². The average Bonchev–Trinajstić information content (AvgIpc) is 2.74. The molecule has 18 heavy (non-hydrogen) atoms. The topological polar surface area (TPSA) is 38.9 Å². The van der Waals surface area contributed by atoms with E-state index in [1.165, 1.54) is 11.1 Å². The molecule has 2 rings (SSSR count). The number of hydrogen-bond donors (Lipinski definition) is 1. The van der Waals surface area contributed by atoms with Crippen LogP contribution in [0.4, 0.5) is 0 Å². The summed E-state index contributed by atoms with van der Waals surface area (Å²) in [5.41, 5.74) is 9.68. The highest BCUT2D eigenvalue weighted by atomic mass is 32.1. The zero-order chi connectivity index (χ0) is 13.2. The summed E-state index contributed by atoms with van der Waals surface area (Å²) >= 11 is 1.69. The van der Waals surface area contributed by atoms with Crippen LogP contribution < -0.4 is 5.73 Å². The van der Waals surface area contributed by atoms with E-state index >= 15 is 0 Å². The summed E-state index contributed by atoms with van der Waals surface area (Å²) in [6, 6.07) is 8.60. The van der Waals surface area contributed by atoms with E-state index < -0.39 is 0 Å². The summed E-state index contributed by atoms with van der Waals surface area (Å²) in [6.07, 6.45) is 1.85. The molecule has 2 nitrogen and oxygen atoms in total. The van der Waals surface area contributed by atoms with Gasteiger partial charge in [-0.05, 0) is 31.4 Å². The summed E-state index contributed by atoms with van der Waals surface area (Å²) in [5, 5.41) is 3.18. The average molecular weight is 260 g/mol. The molecule has 0 saturated heterocycles. The Labute approximate surface area is 113 Å². The van der Waals surface area contributed by atoms with Crippen molar-refractivity contribution in [2.24, 2.45) is 5.73 Å². The quantitative estimate of drug-likeness (QED) is 0.914. The maximum atomic E-state index is 6.44. The Balaban J connectivity index is 2.18. The highest BCUT2D eigenvalue weighted by molar-refractivity contribution is 7.09. The minimum atomic E-state index is -0.351. The Morgan fingerprint density at radius 1 is 1.28 bits per heavy atom. The van der Waals surface area contributed by atoms with Crippen molar-refractivity contribution in [1.29, 1.82) is 0 Å². The molecule has 0 amide bonds. The normalized spacial score (nSPS) is 14.4. The van der Waals surface area contributed by atoms with Crippen molar-refractivity contribution >= 4 is 11.3 Å². The molecule has 2 aromatic rings. The lowest BCUT2D eigenvalue weighted by molar-refractivity contribution is 0.490. The third kappa shape index (κ3) is 2.98. The monoisotopic (exact) mass is 260 g/mol. The fraction of sp³-hybridized carbons (Fsp3) is 0.400. The van der Waals surface area contributed by atoms with Gasteiger partial charge in [0.15, 0.2) is 0 Å². The lowest BCUT2D eigenvalue weighted by Crippen LogP contribution is -2.35. The van der Waals surface area contributed by atoms with Gasteiger partial charge in [0, 0.05) is 23.0 Å². The van der Waals surface area contributed by atoms with Crippen molar-refractivity contribution in [3.63, 3.8) is 0 Å². The standard InChI is InChI=1S/C15H20N2S/c1-4-12-5-7-13(8-6-12)15(3,16)9-14-17-11(2)10-18-14/h5-8,10H,4,9,16H2,1-3H3. The molecule has 1 heterocycles. The number of benzene rings is 1. The molecule has 0 spiro atoms. The van der Waals surface area contributed by atoms with Crippen LogP contribution in [0.5, 0.6) is 0 Å². The van der Waals surface area contributed by atoms with E-state index in [1.807, 2.05) is 6.92 Å². The number of nitrogens with two attached hydrogens (primary N) is 1. The fourth-order valence-corrected chi connectivity index (χ4v) is 2.96. The molecule has 1 aromatic carbocycles. The van der Waals surface area contributed by atoms with Crippen molar-refractivity contribution in [2.75, 3.05) is 0 Å². The molecular formula is C15H20N2S. The van der Waals surface area contributed by atoms with E-state index in [4.69, 9.17) is 5.73 Å². The minimum Gasteiger partial charge on any atom is -0.321 e. The summed E-state index contributed by atoms with van der Waals surface area (Å²) < 4.78 is 0. The molecule has 0 aliphatic carbocycles. The number of thiazole rings is 1. The third-order valence-electron chi connectivity index (χ3n) is 3.21. The first-order valence-electron chi connectivity index (χ1n) is 6.30. The van der Waals surface area contributed by atoms with Crippen molar-refractivity contribution in [1.82, 2.24) is 4.98 Å². The van der Waals surface area contributed by atoms with Crippen LogP contribution in [0.15, 0.2) is 29.6 Å². The Morgan fingerprint density at radius 2 is 1.94 bits per heavy atom.